The number of nitrogens with two attached hydrogens (primary N) is 2. The third kappa shape index (κ3) is 1.70. The topological polar surface area (TPSA) is 106 Å². The van der Waals surface area contributed by atoms with Crippen LogP contribution in [0.15, 0.2) is 11.8 Å². The Hall–Kier alpha value is -1.85. The van der Waals surface area contributed by atoms with E-state index in [0.29, 0.717) is 0 Å². The second kappa shape index (κ2) is 3.38. The predicted molar refractivity (Wildman–Crippen MR) is 52.3 cm³/mol. The summed E-state index contributed by atoms with van der Waals surface area (Å²) in [6.45, 7) is 1.54. The van der Waals surface area contributed by atoms with Crippen LogP contribution in [0.25, 0.3) is 0 Å². The van der Waals surface area contributed by atoms with Gasteiger partial charge in [-0.15, -0.1) is 0 Å². The van der Waals surface area contributed by atoms with Crippen LogP contribution in [-0.4, -0.2) is 35.1 Å². The molecule has 0 aromatic carbocycles. The summed E-state index contributed by atoms with van der Waals surface area (Å²) >= 11 is 0. The van der Waals surface area contributed by atoms with Crippen molar-refractivity contribution in [1.29, 1.82) is 0 Å². The molecule has 2 amide bonds. The number of rotatable bonds is 2. The molecule has 15 heavy (non-hydrogen) atoms. The Kier molecular flexibility index (Phi) is 2.53. The van der Waals surface area contributed by atoms with Crippen molar-refractivity contribution in [3.8, 4) is 0 Å². The van der Waals surface area contributed by atoms with Crippen LogP contribution in [0.1, 0.15) is 13.3 Å². The smallest absolute Gasteiger partial charge is 0.253 e. The van der Waals surface area contributed by atoms with E-state index < -0.39 is 23.1 Å². The van der Waals surface area contributed by atoms with Crippen molar-refractivity contribution < 1.29 is 14.4 Å². The molecule has 1 unspecified atom stereocenters. The number of nitrogens with zero attached hydrogens (tertiary/aromatic N) is 1. The summed E-state index contributed by atoms with van der Waals surface area (Å²) in [5, 5.41) is 0. The zero-order valence-corrected chi connectivity index (χ0v) is 8.61. The first kappa shape index (κ1) is 11.2. The number of carbonyl (C=O) groups is 3. The van der Waals surface area contributed by atoms with Crippen molar-refractivity contribution in [2.45, 2.75) is 18.9 Å². The van der Waals surface area contributed by atoms with Crippen molar-refractivity contribution in [2.24, 2.45) is 11.5 Å². The van der Waals surface area contributed by atoms with E-state index in [2.05, 4.69) is 0 Å². The molecule has 6 nitrogen and oxygen atoms in total. The first-order valence-electron chi connectivity index (χ1n) is 4.36. The Morgan fingerprint density at radius 3 is 2.40 bits per heavy atom. The first-order chi connectivity index (χ1) is 6.79. The van der Waals surface area contributed by atoms with Gasteiger partial charge < -0.3 is 16.4 Å². The summed E-state index contributed by atoms with van der Waals surface area (Å²) in [7, 11) is 1.57. The third-order valence-corrected chi connectivity index (χ3v) is 2.70. The predicted octanol–water partition coefficient (Wildman–Crippen LogP) is -1.50. The third-order valence-electron chi connectivity index (χ3n) is 2.70. The van der Waals surface area contributed by atoms with Gasteiger partial charge in [-0.25, -0.2) is 0 Å². The number of carbonyl (C=O) groups excluding carboxylic acids is 3. The highest BCUT2D eigenvalue weighted by Gasteiger charge is 2.41. The molecule has 0 fully saturated rings. The maximum atomic E-state index is 11.5. The molecule has 1 atom stereocenters. The molecule has 1 heterocycles. The van der Waals surface area contributed by atoms with Crippen molar-refractivity contribution >= 4 is 17.6 Å². The van der Waals surface area contributed by atoms with Gasteiger partial charge in [0.05, 0.1) is 5.57 Å². The zero-order valence-electron chi connectivity index (χ0n) is 8.61. The van der Waals surface area contributed by atoms with Gasteiger partial charge in [0.15, 0.2) is 5.78 Å². The van der Waals surface area contributed by atoms with E-state index in [-0.39, 0.29) is 12.0 Å². The fourth-order valence-electron chi connectivity index (χ4n) is 1.40. The number of ketones is 1. The summed E-state index contributed by atoms with van der Waals surface area (Å²) in [6, 6.07) is 0. The van der Waals surface area contributed by atoms with Crippen LogP contribution in [0.2, 0.25) is 0 Å². The summed E-state index contributed by atoms with van der Waals surface area (Å²) in [4.78, 5) is 35.0. The summed E-state index contributed by atoms with van der Waals surface area (Å²) in [5.41, 5.74) is 9.02. The van der Waals surface area contributed by atoms with E-state index in [0.717, 1.165) is 0 Å². The molecular formula is C9H13N3O3. The first-order valence-corrected chi connectivity index (χ1v) is 4.36. The minimum Gasteiger partial charge on any atom is -0.368 e. The molecule has 1 aliphatic rings. The van der Waals surface area contributed by atoms with Crippen LogP contribution in [0.5, 0.6) is 0 Å². The van der Waals surface area contributed by atoms with Crippen molar-refractivity contribution in [1.82, 2.24) is 4.90 Å². The average molecular weight is 211 g/mol. The van der Waals surface area contributed by atoms with Gasteiger partial charge in [-0.1, -0.05) is 0 Å². The highest BCUT2D eigenvalue weighted by atomic mass is 16.2. The minimum atomic E-state index is -1.09. The van der Waals surface area contributed by atoms with Crippen LogP contribution in [0.4, 0.5) is 0 Å². The van der Waals surface area contributed by atoms with Gasteiger partial charge in [0.2, 0.25) is 5.91 Å². The number of amides is 2. The Morgan fingerprint density at radius 2 is 2.00 bits per heavy atom. The van der Waals surface area contributed by atoms with Gasteiger partial charge in [0, 0.05) is 19.7 Å². The molecule has 1 rings (SSSR count). The molecule has 4 N–H and O–H groups in total. The van der Waals surface area contributed by atoms with Crippen LogP contribution >= 0.6 is 0 Å². The van der Waals surface area contributed by atoms with E-state index in [1.807, 2.05) is 0 Å². The molecule has 0 saturated heterocycles. The lowest BCUT2D eigenvalue weighted by atomic mass is 9.87. The Morgan fingerprint density at radius 1 is 1.47 bits per heavy atom. The Balaban J connectivity index is 3.15. The maximum absolute atomic E-state index is 11.5. The summed E-state index contributed by atoms with van der Waals surface area (Å²) in [6.07, 6.45) is 1.13. The SMILES string of the molecule is CN1C=C(C(N)=O)C(=O)CC1(C)C(N)=O. The molecule has 0 spiro atoms. The molecule has 0 aromatic rings. The molecule has 0 bridgehead atoms. The van der Waals surface area contributed by atoms with Crippen LogP contribution < -0.4 is 11.5 Å². The lowest BCUT2D eigenvalue weighted by Gasteiger charge is -2.38. The van der Waals surface area contributed by atoms with E-state index in [9.17, 15) is 14.4 Å². The molecule has 82 valence electrons. The van der Waals surface area contributed by atoms with Gasteiger partial charge in [0.25, 0.3) is 5.91 Å². The minimum absolute atomic E-state index is 0.101. The van der Waals surface area contributed by atoms with E-state index >= 15 is 0 Å². The maximum Gasteiger partial charge on any atom is 0.253 e. The van der Waals surface area contributed by atoms with Crippen molar-refractivity contribution in [3.63, 3.8) is 0 Å². The molecular weight excluding hydrogens is 198 g/mol. The van der Waals surface area contributed by atoms with Crippen LogP contribution in [0, 0.1) is 0 Å². The monoisotopic (exact) mass is 211 g/mol. The molecule has 0 saturated carbocycles. The van der Waals surface area contributed by atoms with Gasteiger partial charge in [-0.2, -0.15) is 0 Å². The molecule has 6 heteroatoms. The highest BCUT2D eigenvalue weighted by molar-refractivity contribution is 6.20. The quantitative estimate of drug-likeness (QED) is 0.542. The Labute approximate surface area is 86.9 Å². The number of hydrogen-bond acceptors (Lipinski definition) is 4. The Bertz CT molecular complexity index is 375. The lowest BCUT2D eigenvalue weighted by Crippen LogP contribution is -2.56. The largest absolute Gasteiger partial charge is 0.368 e. The van der Waals surface area contributed by atoms with Crippen LogP contribution in [0.3, 0.4) is 0 Å². The normalized spacial score (nSPS) is 26.1. The summed E-state index contributed by atoms with van der Waals surface area (Å²) in [5.74, 6) is -1.86. The summed E-state index contributed by atoms with van der Waals surface area (Å²) < 4.78 is 0. The van der Waals surface area contributed by atoms with Gasteiger partial charge in [0.1, 0.15) is 5.54 Å². The molecule has 1 aliphatic heterocycles. The number of likely N-dealkylation sites (N-methyl/N-ethyl adjacent to an activating group) is 1. The van der Waals surface area contributed by atoms with Crippen LogP contribution in [-0.2, 0) is 14.4 Å². The van der Waals surface area contributed by atoms with E-state index in [4.69, 9.17) is 11.5 Å². The van der Waals surface area contributed by atoms with Gasteiger partial charge in [-0.05, 0) is 6.92 Å². The zero-order chi connectivity index (χ0) is 11.8. The second-order valence-electron chi connectivity index (χ2n) is 3.76. The van der Waals surface area contributed by atoms with Gasteiger partial charge >= 0.3 is 0 Å². The van der Waals surface area contributed by atoms with E-state index in [1.54, 1.807) is 14.0 Å². The number of Topliss-reactive ketones (excluding diaryl/α,β-unsaturated/α-hetero) is 1. The number of hydrogen-bond donors (Lipinski definition) is 2. The van der Waals surface area contributed by atoms with Crippen molar-refractivity contribution in [2.75, 3.05) is 7.05 Å². The highest BCUT2D eigenvalue weighted by Crippen LogP contribution is 2.25. The molecule has 0 radical (unpaired) electrons. The average Bonchev–Trinajstić information content (AvgIpc) is 2.10. The van der Waals surface area contributed by atoms with Crippen molar-refractivity contribution in [3.05, 3.63) is 11.8 Å². The fraction of sp³-hybridized carbons (Fsp3) is 0.444. The number of primary amides is 2. The second-order valence-corrected chi connectivity index (χ2v) is 3.76. The van der Waals surface area contributed by atoms with E-state index in [1.165, 1.54) is 11.1 Å². The fourth-order valence-corrected chi connectivity index (χ4v) is 1.40. The molecule has 0 aliphatic carbocycles. The molecule has 0 aromatic heterocycles. The standard InChI is InChI=1S/C9H13N3O3/c1-9(8(11)15)3-6(13)5(7(10)14)4-12(9)2/h4H,3H2,1-2H3,(H2,10,14)(H2,11,15). The van der Waals surface area contributed by atoms with Gasteiger partial charge in [-0.3, -0.25) is 14.4 Å². The lowest BCUT2D eigenvalue weighted by molar-refractivity contribution is -0.134.